The summed E-state index contributed by atoms with van der Waals surface area (Å²) in [5.74, 6) is 2.80. The van der Waals surface area contributed by atoms with Gasteiger partial charge in [0.1, 0.15) is 23.1 Å². The molecule has 1 aliphatic heterocycles. The number of hydrogen-bond donors (Lipinski definition) is 1. The molecule has 6 nitrogen and oxygen atoms in total. The fourth-order valence-electron chi connectivity index (χ4n) is 3.07. The van der Waals surface area contributed by atoms with Gasteiger partial charge in [-0.1, -0.05) is 13.0 Å². The number of ether oxygens (including phenoxy) is 1. The van der Waals surface area contributed by atoms with E-state index in [1.54, 1.807) is 48.4 Å². The van der Waals surface area contributed by atoms with Crippen LogP contribution in [0.15, 0.2) is 48.8 Å². The van der Waals surface area contributed by atoms with Gasteiger partial charge in [-0.2, -0.15) is 16.9 Å². The molecule has 1 aliphatic rings. The van der Waals surface area contributed by atoms with E-state index in [1.807, 2.05) is 17.8 Å². The van der Waals surface area contributed by atoms with Crippen LogP contribution < -0.4 is 10.1 Å². The van der Waals surface area contributed by atoms with E-state index in [4.69, 9.17) is 4.74 Å². The minimum Gasteiger partial charge on any atom is -0.457 e. The van der Waals surface area contributed by atoms with Gasteiger partial charge in [-0.25, -0.2) is 4.39 Å². The quantitative estimate of drug-likeness (QED) is 0.664. The van der Waals surface area contributed by atoms with Gasteiger partial charge in [-0.15, -0.1) is 0 Å². The van der Waals surface area contributed by atoms with E-state index in [0.717, 1.165) is 17.2 Å². The summed E-state index contributed by atoms with van der Waals surface area (Å²) in [6.45, 7) is 2.17. The topological polar surface area (TPSA) is 69.0 Å². The first-order valence-electron chi connectivity index (χ1n) is 9.21. The molecule has 1 aromatic carbocycles. The number of halogens is 1. The molecule has 0 aliphatic carbocycles. The van der Waals surface area contributed by atoms with Crippen LogP contribution in [0.4, 0.5) is 10.2 Å². The van der Waals surface area contributed by atoms with E-state index in [-0.39, 0.29) is 17.7 Å². The molecular formula is C21H21FN4O2S. The molecule has 2 aromatic heterocycles. The lowest BCUT2D eigenvalue weighted by atomic mass is 9.91. The molecule has 1 saturated heterocycles. The molecule has 0 bridgehead atoms. The maximum absolute atomic E-state index is 14.5. The number of nitrogens with zero attached hydrogens (tertiary/aromatic N) is 3. The van der Waals surface area contributed by atoms with Crippen molar-refractivity contribution in [2.24, 2.45) is 7.05 Å². The van der Waals surface area contributed by atoms with Gasteiger partial charge >= 0.3 is 0 Å². The molecule has 0 radical (unpaired) electrons. The monoisotopic (exact) mass is 412 g/mol. The molecule has 0 saturated carbocycles. The summed E-state index contributed by atoms with van der Waals surface area (Å²) in [6.07, 6.45) is 3.12. The minimum absolute atomic E-state index is 0.0577. The fourth-order valence-corrected chi connectivity index (χ4v) is 4.18. The Morgan fingerprint density at radius 2 is 2.00 bits per heavy atom. The van der Waals surface area contributed by atoms with Crippen molar-refractivity contribution >= 4 is 23.5 Å². The third-order valence-electron chi connectivity index (χ3n) is 4.87. The standard InChI is InChI=1S/C21H21FN4O2S/c1-21(12-29-13-21)18-11-19(26(2)25-18)24-20(27)9-14-3-4-16(10-17(14)22)28-15-5-7-23-8-6-15/h3-8,10-11H,9,12-13H2,1-2H3,(H,24,27). The van der Waals surface area contributed by atoms with Crippen LogP contribution in [0.5, 0.6) is 11.5 Å². The highest BCUT2D eigenvalue weighted by Crippen LogP contribution is 2.40. The Hall–Kier alpha value is -2.87. The van der Waals surface area contributed by atoms with Crippen LogP contribution in [-0.4, -0.2) is 32.2 Å². The number of aromatic nitrogens is 3. The van der Waals surface area contributed by atoms with Crippen molar-refractivity contribution in [3.8, 4) is 11.5 Å². The Morgan fingerprint density at radius 3 is 2.66 bits per heavy atom. The van der Waals surface area contributed by atoms with Gasteiger partial charge in [0, 0.05) is 48.5 Å². The molecule has 1 amide bonds. The molecule has 3 aromatic rings. The van der Waals surface area contributed by atoms with Gasteiger partial charge in [0.2, 0.25) is 5.91 Å². The van der Waals surface area contributed by atoms with Crippen molar-refractivity contribution in [3.05, 3.63) is 65.9 Å². The van der Waals surface area contributed by atoms with Crippen LogP contribution in [0.3, 0.4) is 0 Å². The molecule has 1 fully saturated rings. The molecule has 29 heavy (non-hydrogen) atoms. The van der Waals surface area contributed by atoms with E-state index in [2.05, 4.69) is 22.3 Å². The number of anilines is 1. The summed E-state index contributed by atoms with van der Waals surface area (Å²) >= 11 is 1.88. The van der Waals surface area contributed by atoms with E-state index in [9.17, 15) is 9.18 Å². The van der Waals surface area contributed by atoms with Crippen molar-refractivity contribution in [2.75, 3.05) is 16.8 Å². The number of carbonyl (C=O) groups excluding carboxylic acids is 1. The Bertz CT molecular complexity index is 1030. The summed E-state index contributed by atoms with van der Waals surface area (Å²) in [6, 6.07) is 9.75. The Kier molecular flexibility index (Phi) is 5.27. The second kappa shape index (κ2) is 7.87. The van der Waals surface area contributed by atoms with Crippen molar-refractivity contribution < 1.29 is 13.9 Å². The van der Waals surface area contributed by atoms with Gasteiger partial charge in [-0.05, 0) is 23.8 Å². The number of aryl methyl sites for hydroxylation is 1. The van der Waals surface area contributed by atoms with Crippen LogP contribution in [0.1, 0.15) is 18.2 Å². The number of benzene rings is 1. The zero-order valence-corrected chi connectivity index (χ0v) is 17.0. The average molecular weight is 412 g/mol. The van der Waals surface area contributed by atoms with Crippen LogP contribution in [0.2, 0.25) is 0 Å². The highest BCUT2D eigenvalue weighted by Gasteiger charge is 2.37. The highest BCUT2D eigenvalue weighted by atomic mass is 32.2. The lowest BCUT2D eigenvalue weighted by Gasteiger charge is -2.35. The average Bonchev–Trinajstić information content (AvgIpc) is 3.03. The Morgan fingerprint density at radius 1 is 1.24 bits per heavy atom. The molecule has 3 heterocycles. The molecule has 4 rings (SSSR count). The first-order chi connectivity index (χ1) is 13.9. The highest BCUT2D eigenvalue weighted by molar-refractivity contribution is 8.00. The predicted octanol–water partition coefficient (Wildman–Crippen LogP) is 3.93. The van der Waals surface area contributed by atoms with Crippen LogP contribution in [0.25, 0.3) is 0 Å². The van der Waals surface area contributed by atoms with Crippen LogP contribution >= 0.6 is 11.8 Å². The zero-order valence-electron chi connectivity index (χ0n) is 16.2. The molecule has 1 N–H and O–H groups in total. The molecular weight excluding hydrogens is 391 g/mol. The number of amides is 1. The number of pyridine rings is 1. The summed E-state index contributed by atoms with van der Waals surface area (Å²) < 4.78 is 21.7. The van der Waals surface area contributed by atoms with Gasteiger partial charge in [0.25, 0.3) is 0 Å². The molecule has 8 heteroatoms. The van der Waals surface area contributed by atoms with Gasteiger partial charge in [-0.3, -0.25) is 14.5 Å². The minimum atomic E-state index is -0.489. The normalized spacial score (nSPS) is 14.9. The van der Waals surface area contributed by atoms with Gasteiger partial charge in [0.15, 0.2) is 0 Å². The van der Waals surface area contributed by atoms with E-state index in [0.29, 0.717) is 22.9 Å². The number of carbonyl (C=O) groups is 1. The predicted molar refractivity (Wildman–Crippen MR) is 111 cm³/mol. The van der Waals surface area contributed by atoms with Crippen LogP contribution in [-0.2, 0) is 23.7 Å². The maximum atomic E-state index is 14.5. The summed E-state index contributed by atoms with van der Waals surface area (Å²) in [5.41, 5.74) is 1.33. The zero-order chi connectivity index (χ0) is 20.4. The van der Waals surface area contributed by atoms with Gasteiger partial charge < -0.3 is 10.1 Å². The van der Waals surface area contributed by atoms with Gasteiger partial charge in [0.05, 0.1) is 12.1 Å². The SMILES string of the molecule is Cn1nc(C2(C)CSC2)cc1NC(=O)Cc1ccc(Oc2ccncc2)cc1F. The number of thioether (sulfide) groups is 1. The third-order valence-corrected chi connectivity index (χ3v) is 6.55. The Labute approximate surface area is 172 Å². The summed E-state index contributed by atoms with van der Waals surface area (Å²) in [7, 11) is 1.79. The largest absolute Gasteiger partial charge is 0.457 e. The second-order valence-corrected chi connectivity index (χ2v) is 8.34. The lowest BCUT2D eigenvalue weighted by Crippen LogP contribution is -2.37. The van der Waals surface area contributed by atoms with Crippen molar-refractivity contribution in [1.82, 2.24) is 14.8 Å². The summed E-state index contributed by atoms with van der Waals surface area (Å²) in [4.78, 5) is 16.4. The number of hydrogen-bond acceptors (Lipinski definition) is 5. The third kappa shape index (κ3) is 4.27. The smallest absolute Gasteiger partial charge is 0.230 e. The number of rotatable bonds is 6. The molecule has 150 valence electrons. The van der Waals surface area contributed by atoms with Crippen molar-refractivity contribution in [1.29, 1.82) is 0 Å². The number of nitrogens with one attached hydrogen (secondary N) is 1. The maximum Gasteiger partial charge on any atom is 0.230 e. The lowest BCUT2D eigenvalue weighted by molar-refractivity contribution is -0.115. The first kappa shape index (κ1) is 19.4. The van der Waals surface area contributed by atoms with E-state index in [1.165, 1.54) is 6.07 Å². The fraction of sp³-hybridized carbons (Fsp3) is 0.286. The van der Waals surface area contributed by atoms with E-state index < -0.39 is 5.82 Å². The van der Waals surface area contributed by atoms with Crippen LogP contribution in [0, 0.1) is 5.82 Å². The second-order valence-electron chi connectivity index (χ2n) is 7.36. The molecule has 0 spiro atoms. The summed E-state index contributed by atoms with van der Waals surface area (Å²) in [5, 5.41) is 7.36. The first-order valence-corrected chi connectivity index (χ1v) is 10.4. The Balaban J connectivity index is 1.41. The molecule has 0 atom stereocenters. The van der Waals surface area contributed by atoms with Crippen molar-refractivity contribution in [2.45, 2.75) is 18.8 Å². The molecule has 0 unspecified atom stereocenters. The van der Waals surface area contributed by atoms with Crippen molar-refractivity contribution in [3.63, 3.8) is 0 Å². The van der Waals surface area contributed by atoms with E-state index >= 15 is 0 Å².